The van der Waals surface area contributed by atoms with Crippen molar-refractivity contribution in [2.24, 2.45) is 0 Å². The molecule has 1 amide bonds. The normalized spacial score (nSPS) is 15.0. The molecule has 3 aromatic rings. The number of hydrogen-bond acceptors (Lipinski definition) is 3. The van der Waals surface area contributed by atoms with E-state index in [0.29, 0.717) is 19.5 Å². The van der Waals surface area contributed by atoms with Gasteiger partial charge in [-0.25, -0.2) is 8.42 Å². The van der Waals surface area contributed by atoms with Gasteiger partial charge in [-0.3, -0.25) is 4.79 Å². The minimum atomic E-state index is -3.84. The first-order valence-electron chi connectivity index (χ1n) is 11.1. The molecule has 3 aromatic carbocycles. The molecular formula is C26H27ClN2O3S. The number of carbonyl (C=O) groups is 1. The molecule has 1 N–H and O–H groups in total. The molecule has 0 saturated carbocycles. The topological polar surface area (TPSA) is 66.5 Å². The smallest absolute Gasteiger partial charge is 0.251 e. The maximum absolute atomic E-state index is 13.4. The van der Waals surface area contributed by atoms with Crippen LogP contribution in [-0.4, -0.2) is 31.2 Å². The Morgan fingerprint density at radius 2 is 1.73 bits per heavy atom. The summed E-state index contributed by atoms with van der Waals surface area (Å²) in [5.74, 6) is -0.312. The van der Waals surface area contributed by atoms with Gasteiger partial charge in [-0.15, -0.1) is 0 Å². The Labute approximate surface area is 200 Å². The predicted molar refractivity (Wildman–Crippen MR) is 131 cm³/mol. The minimum absolute atomic E-state index is 0.0341. The second-order valence-electron chi connectivity index (χ2n) is 8.40. The highest BCUT2D eigenvalue weighted by Gasteiger charge is 2.30. The molecule has 0 saturated heterocycles. The number of nitrogens with one attached hydrogen (secondary N) is 1. The van der Waals surface area contributed by atoms with E-state index in [0.717, 1.165) is 24.0 Å². The molecule has 1 aliphatic rings. The number of sulfonamides is 1. The lowest BCUT2D eigenvalue weighted by Gasteiger charge is -2.28. The molecular weight excluding hydrogens is 456 g/mol. The van der Waals surface area contributed by atoms with Crippen LogP contribution >= 0.6 is 11.6 Å². The van der Waals surface area contributed by atoms with Gasteiger partial charge in [-0.2, -0.15) is 4.31 Å². The first-order valence-corrected chi connectivity index (χ1v) is 12.9. The number of fused-ring (bicyclic) bond motifs is 1. The second kappa shape index (κ2) is 10.1. The summed E-state index contributed by atoms with van der Waals surface area (Å²) in [6, 6.07) is 22.3. The number of aryl methyl sites for hydroxylation is 1. The van der Waals surface area contributed by atoms with E-state index >= 15 is 0 Å². The molecule has 4 rings (SSSR count). The number of amides is 1. The van der Waals surface area contributed by atoms with Crippen LogP contribution in [0.5, 0.6) is 0 Å². The van der Waals surface area contributed by atoms with Gasteiger partial charge in [-0.1, -0.05) is 66.2 Å². The molecule has 1 unspecified atom stereocenters. The van der Waals surface area contributed by atoms with Gasteiger partial charge in [0.1, 0.15) is 4.90 Å². The molecule has 0 radical (unpaired) electrons. The van der Waals surface area contributed by atoms with Crippen molar-refractivity contribution in [1.29, 1.82) is 0 Å². The molecule has 0 aliphatic carbocycles. The maximum Gasteiger partial charge on any atom is 0.251 e. The van der Waals surface area contributed by atoms with Crippen molar-refractivity contribution in [3.05, 3.63) is 100 Å². The standard InChI is InChI=1S/C26H27ClN2O3S/c1-19(11-12-20-7-3-2-4-8-20)28-26(30)22-13-14-24(27)25(17-22)33(31,32)29-16-15-21-9-5-6-10-23(21)18-29/h2-10,13-14,17,19H,11-12,15-16,18H2,1H3,(H,28,30). The third kappa shape index (κ3) is 5.46. The zero-order valence-corrected chi connectivity index (χ0v) is 20.1. The van der Waals surface area contributed by atoms with Crippen molar-refractivity contribution in [1.82, 2.24) is 9.62 Å². The zero-order valence-electron chi connectivity index (χ0n) is 18.5. The SMILES string of the molecule is CC(CCc1ccccc1)NC(=O)c1ccc(Cl)c(S(=O)(=O)N2CCc3ccccc3C2)c1. The Hall–Kier alpha value is -2.67. The molecule has 33 heavy (non-hydrogen) atoms. The minimum Gasteiger partial charge on any atom is -0.350 e. The largest absolute Gasteiger partial charge is 0.350 e. The van der Waals surface area contributed by atoms with E-state index < -0.39 is 10.0 Å². The van der Waals surface area contributed by atoms with E-state index in [-0.39, 0.29) is 27.4 Å². The molecule has 5 nitrogen and oxygen atoms in total. The molecule has 0 spiro atoms. The first-order chi connectivity index (χ1) is 15.8. The number of rotatable bonds is 7. The van der Waals surface area contributed by atoms with Crippen LogP contribution in [0.25, 0.3) is 0 Å². The summed E-state index contributed by atoms with van der Waals surface area (Å²) in [6.45, 7) is 2.62. The highest BCUT2D eigenvalue weighted by Crippen LogP contribution is 2.29. The van der Waals surface area contributed by atoms with Crippen molar-refractivity contribution < 1.29 is 13.2 Å². The fourth-order valence-corrected chi connectivity index (χ4v) is 5.98. The highest BCUT2D eigenvalue weighted by atomic mass is 35.5. The summed E-state index contributed by atoms with van der Waals surface area (Å²) >= 11 is 6.29. The summed E-state index contributed by atoms with van der Waals surface area (Å²) in [6.07, 6.45) is 2.27. The van der Waals surface area contributed by atoms with E-state index in [1.54, 1.807) is 6.07 Å². The molecule has 7 heteroatoms. The van der Waals surface area contributed by atoms with Crippen LogP contribution < -0.4 is 5.32 Å². The Morgan fingerprint density at radius 3 is 2.48 bits per heavy atom. The zero-order chi connectivity index (χ0) is 23.4. The van der Waals surface area contributed by atoms with E-state index in [1.807, 2.05) is 49.4 Å². The first kappa shape index (κ1) is 23.5. The van der Waals surface area contributed by atoms with Crippen LogP contribution in [0.2, 0.25) is 5.02 Å². The van der Waals surface area contributed by atoms with Crippen LogP contribution in [0, 0.1) is 0 Å². The quantitative estimate of drug-likeness (QED) is 0.524. The van der Waals surface area contributed by atoms with Crippen LogP contribution in [0.15, 0.2) is 77.7 Å². The number of halogens is 1. The predicted octanol–water partition coefficient (Wildman–Crippen LogP) is 4.84. The highest BCUT2D eigenvalue weighted by molar-refractivity contribution is 7.89. The van der Waals surface area contributed by atoms with Gasteiger partial charge in [0.2, 0.25) is 10.0 Å². The van der Waals surface area contributed by atoms with Gasteiger partial charge < -0.3 is 5.32 Å². The summed E-state index contributed by atoms with van der Waals surface area (Å²) in [5, 5.41) is 3.08. The Balaban J connectivity index is 1.47. The number of hydrogen-bond donors (Lipinski definition) is 1. The number of nitrogens with zero attached hydrogens (tertiary/aromatic N) is 1. The monoisotopic (exact) mass is 482 g/mol. The lowest BCUT2D eigenvalue weighted by molar-refractivity contribution is 0.0938. The lowest BCUT2D eigenvalue weighted by Crippen LogP contribution is -2.36. The van der Waals surface area contributed by atoms with E-state index in [2.05, 4.69) is 17.4 Å². The fourth-order valence-electron chi connectivity index (χ4n) is 4.06. The molecule has 0 bridgehead atoms. The third-order valence-electron chi connectivity index (χ3n) is 5.99. The van der Waals surface area contributed by atoms with Crippen molar-refractivity contribution >= 4 is 27.5 Å². The number of benzene rings is 3. The van der Waals surface area contributed by atoms with Crippen molar-refractivity contribution in [2.75, 3.05) is 6.54 Å². The van der Waals surface area contributed by atoms with Gasteiger partial charge in [-0.05, 0) is 61.1 Å². The van der Waals surface area contributed by atoms with E-state index in [4.69, 9.17) is 11.6 Å². The van der Waals surface area contributed by atoms with Gasteiger partial charge in [0.15, 0.2) is 0 Å². The maximum atomic E-state index is 13.4. The van der Waals surface area contributed by atoms with Crippen LogP contribution in [0.4, 0.5) is 0 Å². The third-order valence-corrected chi connectivity index (χ3v) is 8.32. The molecule has 1 heterocycles. The molecule has 1 aliphatic heterocycles. The second-order valence-corrected chi connectivity index (χ2v) is 10.7. The molecule has 172 valence electrons. The van der Waals surface area contributed by atoms with Crippen LogP contribution in [0.1, 0.15) is 40.4 Å². The Kier molecular flexibility index (Phi) is 7.17. The average Bonchev–Trinajstić information content (AvgIpc) is 2.83. The molecule has 0 fully saturated rings. The molecule has 1 atom stereocenters. The molecule has 0 aromatic heterocycles. The number of carbonyl (C=O) groups excluding carboxylic acids is 1. The van der Waals surface area contributed by atoms with Crippen LogP contribution in [0.3, 0.4) is 0 Å². The van der Waals surface area contributed by atoms with Gasteiger partial charge in [0.05, 0.1) is 5.02 Å². The average molecular weight is 483 g/mol. The Bertz CT molecular complexity index is 1250. The fraction of sp³-hybridized carbons (Fsp3) is 0.269. The van der Waals surface area contributed by atoms with E-state index in [9.17, 15) is 13.2 Å². The van der Waals surface area contributed by atoms with Crippen molar-refractivity contribution in [3.8, 4) is 0 Å². The van der Waals surface area contributed by atoms with Gasteiger partial charge in [0, 0.05) is 24.7 Å². The van der Waals surface area contributed by atoms with Gasteiger partial charge >= 0.3 is 0 Å². The summed E-state index contributed by atoms with van der Waals surface area (Å²) in [7, 11) is -3.84. The lowest BCUT2D eigenvalue weighted by atomic mass is 10.0. The summed E-state index contributed by atoms with van der Waals surface area (Å²) < 4.78 is 28.2. The Morgan fingerprint density at radius 1 is 1.03 bits per heavy atom. The van der Waals surface area contributed by atoms with E-state index in [1.165, 1.54) is 22.0 Å². The summed E-state index contributed by atoms with van der Waals surface area (Å²) in [4.78, 5) is 12.8. The van der Waals surface area contributed by atoms with Crippen molar-refractivity contribution in [2.45, 2.75) is 43.7 Å². The summed E-state index contributed by atoms with van der Waals surface area (Å²) in [5.41, 5.74) is 3.64. The van der Waals surface area contributed by atoms with Gasteiger partial charge in [0.25, 0.3) is 5.91 Å². The van der Waals surface area contributed by atoms with Crippen LogP contribution in [-0.2, 0) is 29.4 Å². The van der Waals surface area contributed by atoms with Crippen molar-refractivity contribution in [3.63, 3.8) is 0 Å².